The van der Waals surface area contributed by atoms with Crippen molar-refractivity contribution >= 4 is 39.2 Å². The molecule has 0 aliphatic heterocycles. The minimum absolute atomic E-state index is 0.00528. The Labute approximate surface area is 143 Å². The number of sulfonamides is 1. The number of methoxy groups -OCH3 is 1. The van der Waals surface area contributed by atoms with Crippen molar-refractivity contribution < 1.29 is 27.8 Å². The summed E-state index contributed by atoms with van der Waals surface area (Å²) >= 11 is 11.4. The third kappa shape index (κ3) is 5.36. The van der Waals surface area contributed by atoms with Crippen LogP contribution in [0.2, 0.25) is 10.0 Å². The molecule has 0 fully saturated rings. The number of nitrogens with one attached hydrogen (secondary N) is 1. The van der Waals surface area contributed by atoms with Crippen LogP contribution >= 0.6 is 23.2 Å². The summed E-state index contributed by atoms with van der Waals surface area (Å²) in [5, 5.41) is 9.57. The predicted octanol–water partition coefficient (Wildman–Crippen LogP) is 1.72. The second-order valence-corrected chi connectivity index (χ2v) is 6.78. The smallest absolute Gasteiger partial charge is 0.326 e. The molecule has 0 aliphatic rings. The molecule has 0 saturated heterocycles. The maximum Gasteiger partial charge on any atom is 0.326 e. The van der Waals surface area contributed by atoms with Gasteiger partial charge in [0, 0.05) is 5.02 Å². The summed E-state index contributed by atoms with van der Waals surface area (Å²) in [5.41, 5.74) is 0. The highest BCUT2D eigenvalue weighted by atomic mass is 35.5. The maximum absolute atomic E-state index is 12.3. The van der Waals surface area contributed by atoms with E-state index in [4.69, 9.17) is 27.9 Å². The number of esters is 1. The van der Waals surface area contributed by atoms with Crippen molar-refractivity contribution in [2.75, 3.05) is 20.3 Å². The quantitative estimate of drug-likeness (QED) is 0.402. The van der Waals surface area contributed by atoms with Gasteiger partial charge < -0.3 is 14.6 Å². The number of carbonyl (C=O) groups excluding carboxylic acids is 1. The van der Waals surface area contributed by atoms with E-state index in [-0.39, 0.29) is 23.3 Å². The Bertz CT molecular complexity index is 692. The first-order valence-electron chi connectivity index (χ1n) is 6.19. The van der Waals surface area contributed by atoms with E-state index < -0.39 is 32.7 Å². The van der Waals surface area contributed by atoms with Gasteiger partial charge in [-0.1, -0.05) is 29.3 Å². The highest BCUT2D eigenvalue weighted by Gasteiger charge is 2.29. The number of aromatic hydroxyl groups is 1. The van der Waals surface area contributed by atoms with E-state index in [2.05, 4.69) is 16.0 Å². The fourth-order valence-corrected chi connectivity index (χ4v) is 3.49. The fourth-order valence-electron chi connectivity index (χ4n) is 1.56. The van der Waals surface area contributed by atoms with E-state index in [1.165, 1.54) is 12.1 Å². The number of phenolic OH excluding ortho intramolecular Hbond substituents is 1. The molecule has 0 heterocycles. The third-order valence-corrected chi connectivity index (χ3v) is 4.58. The Morgan fingerprint density at radius 2 is 2.13 bits per heavy atom. The molecular weight excluding hydrogens is 369 g/mol. The monoisotopic (exact) mass is 383 g/mol. The van der Waals surface area contributed by atoms with E-state index >= 15 is 0 Å². The summed E-state index contributed by atoms with van der Waals surface area (Å²) in [7, 11) is -3.20. The highest BCUT2D eigenvalue weighted by Crippen LogP contribution is 2.34. The number of halogens is 2. The van der Waals surface area contributed by atoms with E-state index in [0.29, 0.717) is 0 Å². The summed E-state index contributed by atoms with van der Waals surface area (Å²) in [5.74, 6) is -1.54. The van der Waals surface area contributed by atoms with Gasteiger partial charge in [-0.15, -0.1) is 6.58 Å². The van der Waals surface area contributed by atoms with Crippen LogP contribution < -0.4 is 4.72 Å². The van der Waals surface area contributed by atoms with Crippen LogP contribution in [-0.4, -0.2) is 45.9 Å². The first kappa shape index (κ1) is 19.7. The number of rotatable bonds is 8. The molecule has 0 aromatic heterocycles. The SMILES string of the molecule is C=CCOCC(NS(=O)(=O)c1cc(Cl)cc(Cl)c1O)C(=O)OC. The zero-order chi connectivity index (χ0) is 17.6. The van der Waals surface area contributed by atoms with Gasteiger partial charge in [-0.05, 0) is 12.1 Å². The topological polar surface area (TPSA) is 102 Å². The minimum atomic E-state index is -4.30. The van der Waals surface area contributed by atoms with Crippen LogP contribution in [0, 0.1) is 0 Å². The molecule has 0 saturated carbocycles. The van der Waals surface area contributed by atoms with Gasteiger partial charge in [0.05, 0.1) is 25.3 Å². The largest absolute Gasteiger partial charge is 0.505 e. The van der Waals surface area contributed by atoms with Gasteiger partial charge in [-0.25, -0.2) is 8.42 Å². The van der Waals surface area contributed by atoms with Crippen molar-refractivity contribution in [2.24, 2.45) is 0 Å². The lowest BCUT2D eigenvalue weighted by atomic mass is 10.3. The molecule has 0 bridgehead atoms. The predicted molar refractivity (Wildman–Crippen MR) is 85.3 cm³/mol. The summed E-state index contributed by atoms with van der Waals surface area (Å²) in [6, 6.07) is 0.869. The number of carbonyl (C=O) groups is 1. The van der Waals surface area contributed by atoms with Gasteiger partial charge >= 0.3 is 5.97 Å². The number of phenols is 1. The van der Waals surface area contributed by atoms with Crippen LogP contribution in [0.3, 0.4) is 0 Å². The Morgan fingerprint density at radius 1 is 1.48 bits per heavy atom. The van der Waals surface area contributed by atoms with Crippen LogP contribution in [0.1, 0.15) is 0 Å². The Hall–Kier alpha value is -1.32. The first-order valence-corrected chi connectivity index (χ1v) is 8.43. The summed E-state index contributed by atoms with van der Waals surface area (Å²) < 4.78 is 36.4. The lowest BCUT2D eigenvalue weighted by Gasteiger charge is -2.17. The van der Waals surface area contributed by atoms with Crippen molar-refractivity contribution in [3.8, 4) is 5.75 Å². The lowest BCUT2D eigenvalue weighted by Crippen LogP contribution is -2.44. The zero-order valence-corrected chi connectivity index (χ0v) is 14.4. The van der Waals surface area contributed by atoms with Gasteiger partial charge in [0.15, 0.2) is 5.75 Å². The van der Waals surface area contributed by atoms with Crippen molar-refractivity contribution in [2.45, 2.75) is 10.9 Å². The molecule has 7 nitrogen and oxygen atoms in total. The van der Waals surface area contributed by atoms with Crippen LogP contribution in [0.15, 0.2) is 29.7 Å². The Balaban J connectivity index is 3.10. The number of hydrogen-bond acceptors (Lipinski definition) is 6. The molecule has 1 aromatic carbocycles. The van der Waals surface area contributed by atoms with Gasteiger partial charge in [0.25, 0.3) is 0 Å². The number of benzene rings is 1. The van der Waals surface area contributed by atoms with Gasteiger partial charge in [0.1, 0.15) is 10.9 Å². The van der Waals surface area contributed by atoms with Crippen molar-refractivity contribution in [3.63, 3.8) is 0 Å². The summed E-state index contributed by atoms with van der Waals surface area (Å²) in [6.45, 7) is 3.26. The molecule has 1 rings (SSSR count). The molecule has 10 heteroatoms. The molecule has 23 heavy (non-hydrogen) atoms. The van der Waals surface area contributed by atoms with Crippen LogP contribution in [0.4, 0.5) is 0 Å². The average molecular weight is 384 g/mol. The van der Waals surface area contributed by atoms with E-state index in [1.54, 1.807) is 0 Å². The Morgan fingerprint density at radius 3 is 2.70 bits per heavy atom. The van der Waals surface area contributed by atoms with E-state index in [1.807, 2.05) is 0 Å². The third-order valence-electron chi connectivity index (χ3n) is 2.59. The standard InChI is InChI=1S/C13H15Cl2NO6S/c1-3-4-22-7-10(13(18)21-2)16-23(19,20)11-6-8(14)5-9(15)12(11)17/h3,5-6,10,16-17H,1,4,7H2,2H3. The van der Waals surface area contributed by atoms with Crippen LogP contribution in [-0.2, 0) is 24.3 Å². The normalized spacial score (nSPS) is 12.7. The molecule has 0 amide bonds. The molecule has 0 spiro atoms. The molecular formula is C13H15Cl2NO6S. The summed E-state index contributed by atoms with van der Waals surface area (Å²) in [6.07, 6.45) is 1.44. The zero-order valence-electron chi connectivity index (χ0n) is 12.1. The molecule has 2 N–H and O–H groups in total. The Kier molecular flexibility index (Phi) is 7.30. The second-order valence-electron chi connectivity index (χ2n) is 4.26. The second kappa shape index (κ2) is 8.51. The molecule has 1 aromatic rings. The van der Waals surface area contributed by atoms with Gasteiger partial charge in [-0.3, -0.25) is 4.79 Å². The van der Waals surface area contributed by atoms with Gasteiger partial charge in [0.2, 0.25) is 10.0 Å². The minimum Gasteiger partial charge on any atom is -0.505 e. The fraction of sp³-hybridized carbons (Fsp3) is 0.308. The highest BCUT2D eigenvalue weighted by molar-refractivity contribution is 7.89. The molecule has 0 aliphatic carbocycles. The van der Waals surface area contributed by atoms with E-state index in [0.717, 1.165) is 13.2 Å². The average Bonchev–Trinajstić information content (AvgIpc) is 2.49. The molecule has 1 unspecified atom stereocenters. The molecule has 1 atom stereocenters. The maximum atomic E-state index is 12.3. The molecule has 0 radical (unpaired) electrons. The van der Waals surface area contributed by atoms with Crippen molar-refractivity contribution in [3.05, 3.63) is 34.8 Å². The van der Waals surface area contributed by atoms with Crippen LogP contribution in [0.5, 0.6) is 5.75 Å². The van der Waals surface area contributed by atoms with Crippen LogP contribution in [0.25, 0.3) is 0 Å². The van der Waals surface area contributed by atoms with Crippen molar-refractivity contribution in [1.82, 2.24) is 4.72 Å². The lowest BCUT2D eigenvalue weighted by molar-refractivity contribution is -0.144. The number of ether oxygens (including phenoxy) is 2. The van der Waals surface area contributed by atoms with E-state index in [9.17, 15) is 18.3 Å². The first-order chi connectivity index (χ1) is 10.7. The number of hydrogen-bond donors (Lipinski definition) is 2. The van der Waals surface area contributed by atoms with Crippen molar-refractivity contribution in [1.29, 1.82) is 0 Å². The molecule has 128 valence electrons. The van der Waals surface area contributed by atoms with Gasteiger partial charge in [-0.2, -0.15) is 4.72 Å². The summed E-state index contributed by atoms with van der Waals surface area (Å²) in [4.78, 5) is 11.1.